The van der Waals surface area contributed by atoms with Crippen LogP contribution >= 0.6 is 23.2 Å². The van der Waals surface area contributed by atoms with Gasteiger partial charge in [-0.3, -0.25) is 4.79 Å². The zero-order valence-corrected chi connectivity index (χ0v) is 19.0. The van der Waals surface area contributed by atoms with Gasteiger partial charge in [-0.25, -0.2) is 13.2 Å². The van der Waals surface area contributed by atoms with Crippen molar-refractivity contribution in [1.29, 1.82) is 0 Å². The summed E-state index contributed by atoms with van der Waals surface area (Å²) < 4.78 is 37.2. The van der Waals surface area contributed by atoms with Gasteiger partial charge in [0, 0.05) is 23.7 Å². The summed E-state index contributed by atoms with van der Waals surface area (Å²) in [6, 6.07) is 8.24. The molecule has 2 rings (SSSR count). The van der Waals surface area contributed by atoms with Crippen molar-refractivity contribution >= 4 is 45.0 Å². The van der Waals surface area contributed by atoms with Gasteiger partial charge in [0.15, 0.2) is 6.61 Å². The molecule has 0 radical (unpaired) electrons. The lowest BCUT2D eigenvalue weighted by Gasteiger charge is -2.20. The minimum Gasteiger partial charge on any atom is -0.495 e. The summed E-state index contributed by atoms with van der Waals surface area (Å²) in [6.45, 7) is 3.36. The fraction of sp³-hybridized carbons (Fsp3) is 0.300. The molecule has 2 aromatic carbocycles. The normalized spacial score (nSPS) is 11.4. The Morgan fingerprint density at radius 2 is 1.70 bits per heavy atom. The monoisotopic (exact) mass is 473 g/mol. The summed E-state index contributed by atoms with van der Waals surface area (Å²) in [4.78, 5) is 24.6. The summed E-state index contributed by atoms with van der Waals surface area (Å²) in [5, 5.41) is 0.509. The first-order valence-electron chi connectivity index (χ1n) is 8.99. The molecule has 0 spiro atoms. The number of halogens is 2. The lowest BCUT2D eigenvalue weighted by Crippen LogP contribution is -2.31. The van der Waals surface area contributed by atoms with Crippen LogP contribution in [0, 0.1) is 0 Å². The van der Waals surface area contributed by atoms with Gasteiger partial charge in [0.1, 0.15) is 10.6 Å². The number of Topliss-reactive ketones (excluding diaryl/α,β-unsaturated/α-hetero) is 1. The Hall–Kier alpha value is -2.13. The van der Waals surface area contributed by atoms with E-state index in [0.29, 0.717) is 5.02 Å². The van der Waals surface area contributed by atoms with Crippen LogP contribution in [0.1, 0.15) is 34.6 Å². The number of esters is 1. The van der Waals surface area contributed by atoms with Crippen molar-refractivity contribution in [3.63, 3.8) is 0 Å². The molecule has 0 fully saturated rings. The SMILES string of the molecule is CCN(CC)S(=O)(=O)c1cc(C(=O)OCC(=O)c2ccc(Cl)cc2Cl)ccc1OC. The topological polar surface area (TPSA) is 90.0 Å². The van der Waals surface area contributed by atoms with Crippen molar-refractivity contribution in [2.75, 3.05) is 26.8 Å². The zero-order valence-electron chi connectivity index (χ0n) is 16.6. The Bertz CT molecular complexity index is 1050. The van der Waals surface area contributed by atoms with Gasteiger partial charge < -0.3 is 9.47 Å². The molecule has 2 aromatic rings. The number of nitrogens with zero attached hydrogens (tertiary/aromatic N) is 1. The van der Waals surface area contributed by atoms with Crippen molar-refractivity contribution in [2.45, 2.75) is 18.7 Å². The number of carbonyl (C=O) groups is 2. The van der Waals surface area contributed by atoms with E-state index >= 15 is 0 Å². The molecule has 0 unspecified atom stereocenters. The average molecular weight is 474 g/mol. The summed E-state index contributed by atoms with van der Waals surface area (Å²) in [5.41, 5.74) is 0.130. The second kappa shape index (κ2) is 10.3. The Morgan fingerprint density at radius 1 is 1.03 bits per heavy atom. The fourth-order valence-electron chi connectivity index (χ4n) is 2.72. The maximum atomic E-state index is 12.9. The first kappa shape index (κ1) is 24.1. The molecule has 0 aromatic heterocycles. The van der Waals surface area contributed by atoms with Crippen LogP contribution in [0.25, 0.3) is 0 Å². The Morgan fingerprint density at radius 3 is 2.27 bits per heavy atom. The van der Waals surface area contributed by atoms with Crippen molar-refractivity contribution in [3.8, 4) is 5.75 Å². The van der Waals surface area contributed by atoms with Crippen LogP contribution in [0.2, 0.25) is 10.0 Å². The number of hydrogen-bond acceptors (Lipinski definition) is 6. The minimum absolute atomic E-state index is 0.0310. The average Bonchev–Trinajstić information content (AvgIpc) is 2.71. The quantitative estimate of drug-likeness (QED) is 0.402. The van der Waals surface area contributed by atoms with E-state index < -0.39 is 28.4 Å². The lowest BCUT2D eigenvalue weighted by atomic mass is 10.1. The Labute approximate surface area is 185 Å². The van der Waals surface area contributed by atoms with Crippen LogP contribution in [0.4, 0.5) is 0 Å². The van der Waals surface area contributed by atoms with Gasteiger partial charge in [-0.15, -0.1) is 0 Å². The third kappa shape index (κ3) is 5.31. The Kier molecular flexibility index (Phi) is 8.25. The highest BCUT2D eigenvalue weighted by Gasteiger charge is 2.27. The van der Waals surface area contributed by atoms with Crippen molar-refractivity contribution in [3.05, 3.63) is 57.6 Å². The van der Waals surface area contributed by atoms with Gasteiger partial charge in [0.05, 0.1) is 17.7 Å². The number of rotatable bonds is 9. The van der Waals surface area contributed by atoms with Crippen LogP contribution in [0.5, 0.6) is 5.75 Å². The van der Waals surface area contributed by atoms with E-state index in [9.17, 15) is 18.0 Å². The molecule has 0 saturated heterocycles. The molecule has 0 aliphatic rings. The summed E-state index contributed by atoms with van der Waals surface area (Å²) in [5.74, 6) is -1.27. The van der Waals surface area contributed by atoms with Gasteiger partial charge in [0.25, 0.3) is 0 Å². The third-order valence-corrected chi connectivity index (χ3v) is 6.91. The van der Waals surface area contributed by atoms with Crippen LogP contribution in [-0.4, -0.2) is 51.3 Å². The highest BCUT2D eigenvalue weighted by atomic mass is 35.5. The van der Waals surface area contributed by atoms with Crippen molar-refractivity contribution in [1.82, 2.24) is 4.31 Å². The smallest absolute Gasteiger partial charge is 0.338 e. The summed E-state index contributed by atoms with van der Waals surface area (Å²) in [7, 11) is -2.54. The molecule has 10 heteroatoms. The molecule has 0 atom stereocenters. The third-order valence-electron chi connectivity index (χ3n) is 4.29. The van der Waals surface area contributed by atoms with Gasteiger partial charge >= 0.3 is 5.97 Å². The van der Waals surface area contributed by atoms with E-state index in [1.165, 1.54) is 47.8 Å². The summed E-state index contributed by atoms with van der Waals surface area (Å²) >= 11 is 11.8. The number of methoxy groups -OCH3 is 1. The molecule has 0 heterocycles. The number of ketones is 1. The molecule has 0 aliphatic carbocycles. The molecule has 0 amide bonds. The number of benzene rings is 2. The van der Waals surface area contributed by atoms with Crippen molar-refractivity contribution in [2.24, 2.45) is 0 Å². The number of ether oxygens (including phenoxy) is 2. The number of sulfonamides is 1. The van der Waals surface area contributed by atoms with E-state index in [1.807, 2.05) is 0 Å². The van der Waals surface area contributed by atoms with Crippen molar-refractivity contribution < 1.29 is 27.5 Å². The number of hydrogen-bond donors (Lipinski definition) is 0. The second-order valence-electron chi connectivity index (χ2n) is 6.08. The predicted octanol–water partition coefficient (Wildman–Crippen LogP) is 4.07. The van der Waals surface area contributed by atoms with E-state index in [0.717, 1.165) is 0 Å². The van der Waals surface area contributed by atoms with Gasteiger partial charge in [0.2, 0.25) is 15.8 Å². The predicted molar refractivity (Wildman–Crippen MR) is 114 cm³/mol. The van der Waals surface area contributed by atoms with E-state index in [-0.39, 0.29) is 39.9 Å². The zero-order chi connectivity index (χ0) is 22.5. The van der Waals surface area contributed by atoms with Crippen LogP contribution in [-0.2, 0) is 14.8 Å². The lowest BCUT2D eigenvalue weighted by molar-refractivity contribution is 0.0474. The van der Waals surface area contributed by atoms with E-state index in [4.69, 9.17) is 32.7 Å². The van der Waals surface area contributed by atoms with Gasteiger partial charge in [-0.05, 0) is 36.4 Å². The molecular formula is C20H21Cl2NO6S. The molecular weight excluding hydrogens is 453 g/mol. The summed E-state index contributed by atoms with van der Waals surface area (Å²) in [6.07, 6.45) is 0. The van der Waals surface area contributed by atoms with Crippen LogP contribution in [0.3, 0.4) is 0 Å². The maximum absolute atomic E-state index is 12.9. The first-order valence-corrected chi connectivity index (χ1v) is 11.2. The molecule has 162 valence electrons. The maximum Gasteiger partial charge on any atom is 0.338 e. The minimum atomic E-state index is -3.88. The molecule has 0 bridgehead atoms. The van der Waals surface area contributed by atoms with Crippen LogP contribution < -0.4 is 4.74 Å². The fourth-order valence-corrected chi connectivity index (χ4v) is 4.87. The van der Waals surface area contributed by atoms with E-state index in [2.05, 4.69) is 0 Å². The van der Waals surface area contributed by atoms with E-state index in [1.54, 1.807) is 13.8 Å². The standard InChI is InChI=1S/C20H21Cl2NO6S/c1-4-23(5-2)30(26,27)19-10-13(6-9-18(19)28-3)20(25)29-12-17(24)15-8-7-14(21)11-16(15)22/h6-11H,4-5,12H2,1-3H3. The molecule has 0 N–H and O–H groups in total. The second-order valence-corrected chi connectivity index (χ2v) is 8.83. The first-order chi connectivity index (χ1) is 14.1. The molecule has 7 nitrogen and oxygen atoms in total. The highest BCUT2D eigenvalue weighted by molar-refractivity contribution is 7.89. The Balaban J connectivity index is 2.25. The molecule has 0 aliphatic heterocycles. The van der Waals surface area contributed by atoms with Crippen LogP contribution in [0.15, 0.2) is 41.3 Å². The molecule has 30 heavy (non-hydrogen) atoms. The molecule has 0 saturated carbocycles. The van der Waals surface area contributed by atoms with Gasteiger partial charge in [-0.2, -0.15) is 4.31 Å². The van der Waals surface area contributed by atoms with Gasteiger partial charge in [-0.1, -0.05) is 37.0 Å². The highest BCUT2D eigenvalue weighted by Crippen LogP contribution is 2.28. The number of carbonyl (C=O) groups excluding carboxylic acids is 2. The largest absolute Gasteiger partial charge is 0.495 e.